The van der Waals surface area contributed by atoms with Crippen molar-refractivity contribution < 1.29 is 28.7 Å². The maximum absolute atomic E-state index is 12.9. The zero-order valence-corrected chi connectivity index (χ0v) is 19.7. The van der Waals surface area contributed by atoms with Gasteiger partial charge in [0.1, 0.15) is 6.04 Å². The molecule has 3 rings (SSSR count). The van der Waals surface area contributed by atoms with Crippen LogP contribution in [-0.2, 0) is 11.3 Å². The fourth-order valence-corrected chi connectivity index (χ4v) is 3.68. The van der Waals surface area contributed by atoms with Gasteiger partial charge >= 0.3 is 5.97 Å². The van der Waals surface area contributed by atoms with Gasteiger partial charge in [-0.15, -0.1) is 0 Å². The number of carbonyl (C=O) groups excluding carboxylic acids is 3. The molecule has 9 nitrogen and oxygen atoms in total. The van der Waals surface area contributed by atoms with Crippen LogP contribution in [0.5, 0.6) is 0 Å². The monoisotopic (exact) mass is 477 g/mol. The van der Waals surface area contributed by atoms with Crippen LogP contribution in [0, 0.1) is 20.8 Å². The molecule has 0 saturated heterocycles. The molecule has 9 heteroatoms. The van der Waals surface area contributed by atoms with Crippen molar-refractivity contribution in [1.82, 2.24) is 16.0 Å². The molecule has 1 heterocycles. The number of hydrogen-bond acceptors (Lipinski definition) is 5. The number of nitrogens with one attached hydrogen (secondary N) is 3. The molecule has 0 spiro atoms. The third-order valence-electron chi connectivity index (χ3n) is 5.37. The number of carbonyl (C=O) groups is 4. The molecule has 4 N–H and O–H groups in total. The van der Waals surface area contributed by atoms with Crippen molar-refractivity contribution in [3.05, 3.63) is 93.9 Å². The molecule has 2 aromatic carbocycles. The van der Waals surface area contributed by atoms with Crippen LogP contribution in [0.25, 0.3) is 0 Å². The van der Waals surface area contributed by atoms with Crippen LogP contribution >= 0.6 is 0 Å². The zero-order chi connectivity index (χ0) is 25.5. The topological polar surface area (TPSA) is 138 Å². The van der Waals surface area contributed by atoms with Gasteiger partial charge in [-0.25, -0.2) is 4.79 Å². The Hall–Kier alpha value is -4.40. The van der Waals surface area contributed by atoms with Crippen molar-refractivity contribution in [3.8, 4) is 0 Å². The average molecular weight is 478 g/mol. The van der Waals surface area contributed by atoms with Crippen molar-refractivity contribution in [2.75, 3.05) is 6.54 Å². The van der Waals surface area contributed by atoms with Crippen molar-refractivity contribution >= 4 is 23.7 Å². The summed E-state index contributed by atoms with van der Waals surface area (Å²) in [4.78, 5) is 49.2. The Morgan fingerprint density at radius 3 is 2.20 bits per heavy atom. The van der Waals surface area contributed by atoms with Crippen molar-refractivity contribution in [2.45, 2.75) is 33.4 Å². The van der Waals surface area contributed by atoms with E-state index in [4.69, 9.17) is 4.42 Å². The summed E-state index contributed by atoms with van der Waals surface area (Å²) in [5, 5.41) is 17.2. The van der Waals surface area contributed by atoms with E-state index in [-0.39, 0.29) is 23.8 Å². The van der Waals surface area contributed by atoms with E-state index < -0.39 is 23.8 Å². The SMILES string of the molecule is Cc1cccc(CNC(=O)c2cc(C)c(C(=O)N[C@@H](CNC(=O)c3ccco3)C(=O)O)c(C)c2)c1. The van der Waals surface area contributed by atoms with Crippen molar-refractivity contribution in [1.29, 1.82) is 0 Å². The standard InChI is InChI=1S/C26H27N3O6/c1-15-6-4-7-18(10-15)13-27-23(30)19-11-16(2)22(17(3)12-19)25(32)29-20(26(33)34)14-28-24(31)21-8-5-9-35-21/h4-12,20H,13-14H2,1-3H3,(H,27,30)(H,28,31)(H,29,32)(H,33,34)/t20-/m0/s1. The molecular weight excluding hydrogens is 450 g/mol. The van der Waals surface area contributed by atoms with Gasteiger partial charge in [0.25, 0.3) is 17.7 Å². The molecule has 35 heavy (non-hydrogen) atoms. The summed E-state index contributed by atoms with van der Waals surface area (Å²) in [6, 6.07) is 12.6. The van der Waals surface area contributed by atoms with E-state index in [1.165, 1.54) is 18.4 Å². The second kappa shape index (κ2) is 11.1. The molecule has 0 radical (unpaired) electrons. The highest BCUT2D eigenvalue weighted by atomic mass is 16.4. The second-order valence-corrected chi connectivity index (χ2v) is 8.21. The molecule has 3 amide bonds. The molecule has 1 atom stereocenters. The minimum absolute atomic E-state index is 0.0309. The largest absolute Gasteiger partial charge is 0.480 e. The highest BCUT2D eigenvalue weighted by Crippen LogP contribution is 2.17. The first-order chi connectivity index (χ1) is 16.7. The van der Waals surface area contributed by atoms with E-state index in [1.807, 2.05) is 31.2 Å². The normalized spacial score (nSPS) is 11.4. The molecule has 3 aromatic rings. The molecular formula is C26H27N3O6. The number of carboxylic acid groups (broad SMARTS) is 1. The van der Waals surface area contributed by atoms with Gasteiger partial charge in [0.2, 0.25) is 0 Å². The Kier molecular flexibility index (Phi) is 8.04. The summed E-state index contributed by atoms with van der Waals surface area (Å²) in [5.41, 5.74) is 3.77. The lowest BCUT2D eigenvalue weighted by atomic mass is 9.98. The summed E-state index contributed by atoms with van der Waals surface area (Å²) in [6.07, 6.45) is 1.32. The number of furan rings is 1. The average Bonchev–Trinajstić information content (AvgIpc) is 3.34. The lowest BCUT2D eigenvalue weighted by Gasteiger charge is -2.18. The van der Waals surface area contributed by atoms with Gasteiger partial charge in [-0.3, -0.25) is 14.4 Å². The van der Waals surface area contributed by atoms with E-state index >= 15 is 0 Å². The Labute approximate surface area is 202 Å². The number of rotatable bonds is 9. The Morgan fingerprint density at radius 2 is 1.60 bits per heavy atom. The number of aliphatic carboxylic acids is 1. The predicted octanol–water partition coefficient (Wildman–Crippen LogP) is 2.75. The van der Waals surface area contributed by atoms with E-state index in [0.29, 0.717) is 23.2 Å². The lowest BCUT2D eigenvalue weighted by molar-refractivity contribution is -0.139. The van der Waals surface area contributed by atoms with Crippen LogP contribution in [0.15, 0.2) is 59.2 Å². The number of benzene rings is 2. The molecule has 0 aliphatic rings. The smallest absolute Gasteiger partial charge is 0.328 e. The first kappa shape index (κ1) is 25.2. The Bertz CT molecular complexity index is 1230. The first-order valence-corrected chi connectivity index (χ1v) is 11.0. The van der Waals surface area contributed by atoms with Crippen LogP contribution in [-0.4, -0.2) is 41.4 Å². The van der Waals surface area contributed by atoms with Crippen LogP contribution in [0.2, 0.25) is 0 Å². The Balaban J connectivity index is 1.66. The molecule has 0 aliphatic carbocycles. The molecule has 0 bridgehead atoms. The van der Waals surface area contributed by atoms with E-state index in [0.717, 1.165) is 11.1 Å². The van der Waals surface area contributed by atoms with E-state index in [9.17, 15) is 24.3 Å². The number of hydrogen-bond donors (Lipinski definition) is 4. The van der Waals surface area contributed by atoms with Gasteiger partial charge in [-0.05, 0) is 61.7 Å². The molecule has 182 valence electrons. The quantitative estimate of drug-likeness (QED) is 0.374. The van der Waals surface area contributed by atoms with Crippen molar-refractivity contribution in [3.63, 3.8) is 0 Å². The van der Waals surface area contributed by atoms with Crippen LogP contribution in [0.3, 0.4) is 0 Å². The minimum Gasteiger partial charge on any atom is -0.480 e. The summed E-state index contributed by atoms with van der Waals surface area (Å²) in [7, 11) is 0. The lowest BCUT2D eigenvalue weighted by Crippen LogP contribution is -2.48. The van der Waals surface area contributed by atoms with Gasteiger partial charge in [0.05, 0.1) is 6.26 Å². The second-order valence-electron chi connectivity index (χ2n) is 8.21. The number of amides is 3. The maximum atomic E-state index is 12.9. The highest BCUT2D eigenvalue weighted by molar-refractivity contribution is 6.01. The maximum Gasteiger partial charge on any atom is 0.328 e. The molecule has 0 saturated carbocycles. The number of carboxylic acids is 1. The molecule has 1 aromatic heterocycles. The summed E-state index contributed by atoms with van der Waals surface area (Å²) in [5.74, 6) is -2.77. The summed E-state index contributed by atoms with van der Waals surface area (Å²) >= 11 is 0. The zero-order valence-electron chi connectivity index (χ0n) is 19.7. The van der Waals surface area contributed by atoms with Gasteiger partial charge < -0.3 is 25.5 Å². The molecule has 0 unspecified atom stereocenters. The van der Waals surface area contributed by atoms with Gasteiger partial charge in [-0.2, -0.15) is 0 Å². The minimum atomic E-state index is -1.36. The summed E-state index contributed by atoms with van der Waals surface area (Å²) in [6.45, 7) is 5.36. The fourth-order valence-electron chi connectivity index (χ4n) is 3.68. The highest BCUT2D eigenvalue weighted by Gasteiger charge is 2.24. The van der Waals surface area contributed by atoms with E-state index in [2.05, 4.69) is 16.0 Å². The van der Waals surface area contributed by atoms with Gasteiger partial charge in [0.15, 0.2) is 5.76 Å². The van der Waals surface area contributed by atoms with Gasteiger partial charge in [0, 0.05) is 24.2 Å². The van der Waals surface area contributed by atoms with Crippen LogP contribution in [0.4, 0.5) is 0 Å². The summed E-state index contributed by atoms with van der Waals surface area (Å²) < 4.78 is 4.97. The Morgan fingerprint density at radius 1 is 0.886 bits per heavy atom. The fraction of sp³-hybridized carbons (Fsp3) is 0.231. The third kappa shape index (κ3) is 6.57. The van der Waals surface area contributed by atoms with E-state index in [1.54, 1.807) is 26.0 Å². The van der Waals surface area contributed by atoms with Crippen LogP contribution in [0.1, 0.15) is 53.5 Å². The predicted molar refractivity (Wildman–Crippen MR) is 128 cm³/mol. The third-order valence-corrected chi connectivity index (χ3v) is 5.37. The van der Waals surface area contributed by atoms with Crippen LogP contribution < -0.4 is 16.0 Å². The van der Waals surface area contributed by atoms with Gasteiger partial charge in [-0.1, -0.05) is 29.8 Å². The molecule has 0 fully saturated rings. The molecule has 0 aliphatic heterocycles. The van der Waals surface area contributed by atoms with Crippen molar-refractivity contribution in [2.24, 2.45) is 0 Å². The number of aryl methyl sites for hydroxylation is 3. The first-order valence-electron chi connectivity index (χ1n) is 11.0.